The van der Waals surface area contributed by atoms with Crippen LogP contribution in [0.25, 0.3) is 21.3 Å². The Labute approximate surface area is 172 Å². The first-order chi connectivity index (χ1) is 13.8. The highest BCUT2D eigenvalue weighted by Gasteiger charge is 2.28. The van der Waals surface area contributed by atoms with Gasteiger partial charge in [0.1, 0.15) is 4.83 Å². The zero-order valence-corrected chi connectivity index (χ0v) is 17.6. The van der Waals surface area contributed by atoms with Gasteiger partial charge in [0.25, 0.3) is 5.56 Å². The number of hydrogen-bond acceptors (Lipinski definition) is 6. The number of carbonyl (C=O) groups excluding carboxylic acids is 1. The van der Waals surface area contributed by atoms with Crippen LogP contribution in [-0.2, 0) is 21.2 Å². The maximum Gasteiger partial charge on any atom is 0.262 e. The molecular weight excluding hydrogens is 410 g/mol. The lowest BCUT2D eigenvalue weighted by Gasteiger charge is -2.11. The number of nitrogens with zero attached hydrogens (tertiary/aromatic N) is 2. The molecule has 1 aliphatic heterocycles. The lowest BCUT2D eigenvalue weighted by Crippen LogP contribution is -2.36. The molecule has 3 heterocycles. The Bertz CT molecular complexity index is 1230. The summed E-state index contributed by atoms with van der Waals surface area (Å²) >= 11 is 1.42. The van der Waals surface area contributed by atoms with E-state index in [-0.39, 0.29) is 42.0 Å². The van der Waals surface area contributed by atoms with Crippen LogP contribution < -0.4 is 10.9 Å². The van der Waals surface area contributed by atoms with Gasteiger partial charge in [-0.3, -0.25) is 14.2 Å². The van der Waals surface area contributed by atoms with Crippen LogP contribution in [-0.4, -0.2) is 41.4 Å². The molecule has 3 aromatic rings. The monoisotopic (exact) mass is 431 g/mol. The van der Waals surface area contributed by atoms with Crippen molar-refractivity contribution in [3.63, 3.8) is 0 Å². The molecule has 1 amide bonds. The van der Waals surface area contributed by atoms with Crippen molar-refractivity contribution in [2.75, 3.05) is 11.5 Å². The van der Waals surface area contributed by atoms with Gasteiger partial charge in [-0.2, -0.15) is 0 Å². The van der Waals surface area contributed by atoms with Crippen LogP contribution >= 0.6 is 11.3 Å². The normalized spacial score (nSPS) is 18.2. The Morgan fingerprint density at radius 1 is 1.31 bits per heavy atom. The summed E-state index contributed by atoms with van der Waals surface area (Å²) < 4.78 is 24.5. The predicted molar refractivity (Wildman–Crippen MR) is 114 cm³/mol. The van der Waals surface area contributed by atoms with Crippen LogP contribution in [0.3, 0.4) is 0 Å². The summed E-state index contributed by atoms with van der Waals surface area (Å²) in [5, 5.41) is 5.24. The zero-order valence-electron chi connectivity index (χ0n) is 15.9. The molecule has 1 atom stereocenters. The quantitative estimate of drug-likeness (QED) is 0.667. The van der Waals surface area contributed by atoms with Crippen LogP contribution in [0.1, 0.15) is 18.4 Å². The van der Waals surface area contributed by atoms with E-state index in [2.05, 4.69) is 10.3 Å². The number of hydrogen-bond donors (Lipinski definition) is 1. The number of fused-ring (bicyclic) bond motifs is 1. The lowest BCUT2D eigenvalue weighted by molar-refractivity contribution is -0.121. The molecule has 152 valence electrons. The van der Waals surface area contributed by atoms with Crippen molar-refractivity contribution in [2.24, 2.45) is 0 Å². The fraction of sp³-hybridized carbons (Fsp3) is 0.350. The van der Waals surface area contributed by atoms with E-state index < -0.39 is 9.84 Å². The molecule has 1 aliphatic rings. The number of nitrogens with one attached hydrogen (secondary N) is 1. The minimum Gasteiger partial charge on any atom is -0.352 e. The molecule has 1 unspecified atom stereocenters. The zero-order chi connectivity index (χ0) is 20.6. The summed E-state index contributed by atoms with van der Waals surface area (Å²) in [7, 11) is -3.05. The molecule has 0 saturated carbocycles. The number of benzene rings is 1. The number of amides is 1. The highest BCUT2D eigenvalue weighted by Crippen LogP contribution is 2.30. The molecule has 29 heavy (non-hydrogen) atoms. The van der Waals surface area contributed by atoms with Crippen LogP contribution in [0.15, 0.2) is 40.8 Å². The topological polar surface area (TPSA) is 98.1 Å². The summed E-state index contributed by atoms with van der Waals surface area (Å²) in [4.78, 5) is 30.2. The van der Waals surface area contributed by atoms with E-state index in [1.54, 1.807) is 0 Å². The molecule has 1 saturated heterocycles. The molecule has 0 aliphatic carbocycles. The van der Waals surface area contributed by atoms with Gasteiger partial charge in [-0.1, -0.05) is 29.8 Å². The number of aryl methyl sites for hydroxylation is 2. The first-order valence-electron chi connectivity index (χ1n) is 9.36. The number of thiophene rings is 1. The Hall–Kier alpha value is -2.52. The summed E-state index contributed by atoms with van der Waals surface area (Å²) in [6.07, 6.45) is 2.00. The Balaban J connectivity index is 1.52. The van der Waals surface area contributed by atoms with Crippen molar-refractivity contribution >= 4 is 37.3 Å². The fourth-order valence-corrected chi connectivity index (χ4v) is 6.08. The molecule has 1 N–H and O–H groups in total. The second-order valence-electron chi connectivity index (χ2n) is 7.36. The van der Waals surface area contributed by atoms with Crippen molar-refractivity contribution < 1.29 is 13.2 Å². The van der Waals surface area contributed by atoms with E-state index in [0.29, 0.717) is 16.6 Å². The first-order valence-corrected chi connectivity index (χ1v) is 12.1. The van der Waals surface area contributed by atoms with Crippen LogP contribution in [0.5, 0.6) is 0 Å². The third kappa shape index (κ3) is 4.25. The molecule has 2 aromatic heterocycles. The molecule has 0 radical (unpaired) electrons. The van der Waals surface area contributed by atoms with Gasteiger partial charge in [0.2, 0.25) is 5.91 Å². The van der Waals surface area contributed by atoms with Gasteiger partial charge < -0.3 is 5.32 Å². The Morgan fingerprint density at radius 2 is 2.07 bits per heavy atom. The van der Waals surface area contributed by atoms with Crippen molar-refractivity contribution in [3.05, 3.63) is 51.9 Å². The fourth-order valence-electron chi connectivity index (χ4n) is 3.50. The van der Waals surface area contributed by atoms with E-state index >= 15 is 0 Å². The average molecular weight is 432 g/mol. The first kappa shape index (κ1) is 19.8. The molecule has 4 rings (SSSR count). The predicted octanol–water partition coefficient (Wildman–Crippen LogP) is 2.13. The largest absolute Gasteiger partial charge is 0.352 e. The summed E-state index contributed by atoms with van der Waals surface area (Å²) in [6.45, 7) is 2.20. The second kappa shape index (κ2) is 7.72. The van der Waals surface area contributed by atoms with Crippen molar-refractivity contribution in [1.82, 2.24) is 14.9 Å². The summed E-state index contributed by atoms with van der Waals surface area (Å²) in [6, 6.07) is 7.63. The third-order valence-corrected chi connectivity index (χ3v) is 7.75. The van der Waals surface area contributed by atoms with E-state index in [9.17, 15) is 18.0 Å². The van der Waals surface area contributed by atoms with Crippen LogP contribution in [0.4, 0.5) is 0 Å². The minimum atomic E-state index is -3.05. The van der Waals surface area contributed by atoms with E-state index in [1.807, 2.05) is 36.6 Å². The van der Waals surface area contributed by atoms with Gasteiger partial charge >= 0.3 is 0 Å². The molecular formula is C20H21N3O4S2. The van der Waals surface area contributed by atoms with E-state index in [1.165, 1.54) is 22.2 Å². The van der Waals surface area contributed by atoms with Gasteiger partial charge in [-0.25, -0.2) is 13.4 Å². The summed E-state index contributed by atoms with van der Waals surface area (Å²) in [5.41, 5.74) is 2.77. The minimum absolute atomic E-state index is 0.0129. The summed E-state index contributed by atoms with van der Waals surface area (Å²) in [5.74, 6) is -0.165. The number of aromatic nitrogens is 2. The Kier molecular flexibility index (Phi) is 5.26. The van der Waals surface area contributed by atoms with Gasteiger partial charge in [0, 0.05) is 30.0 Å². The number of sulfone groups is 1. The van der Waals surface area contributed by atoms with Gasteiger partial charge in [-0.15, -0.1) is 11.3 Å². The average Bonchev–Trinajstić information content (AvgIpc) is 3.25. The van der Waals surface area contributed by atoms with Crippen molar-refractivity contribution in [2.45, 2.75) is 32.4 Å². The number of carbonyl (C=O) groups is 1. The van der Waals surface area contributed by atoms with Crippen LogP contribution in [0.2, 0.25) is 0 Å². The highest BCUT2D eigenvalue weighted by atomic mass is 32.2. The number of rotatable bonds is 5. The molecule has 0 spiro atoms. The molecule has 7 nitrogen and oxygen atoms in total. The second-order valence-corrected chi connectivity index (χ2v) is 10.4. The van der Waals surface area contributed by atoms with Crippen molar-refractivity contribution in [1.29, 1.82) is 0 Å². The highest BCUT2D eigenvalue weighted by molar-refractivity contribution is 7.91. The SMILES string of the molecule is Cc1ccc(-c2csc3ncn(CCC(=O)NC4CCS(=O)(=O)C4)c(=O)c23)cc1. The Morgan fingerprint density at radius 3 is 2.76 bits per heavy atom. The maximum absolute atomic E-state index is 13.0. The smallest absolute Gasteiger partial charge is 0.262 e. The molecule has 1 aromatic carbocycles. The molecule has 9 heteroatoms. The maximum atomic E-state index is 13.0. The van der Waals surface area contributed by atoms with Crippen molar-refractivity contribution in [3.8, 4) is 11.1 Å². The van der Waals surface area contributed by atoms with Gasteiger partial charge in [-0.05, 0) is 18.9 Å². The van der Waals surface area contributed by atoms with Gasteiger partial charge in [0.05, 0.1) is 23.2 Å². The third-order valence-electron chi connectivity index (χ3n) is 5.10. The van der Waals surface area contributed by atoms with Crippen LogP contribution in [0, 0.1) is 6.92 Å². The molecule has 0 bridgehead atoms. The molecule has 1 fully saturated rings. The lowest BCUT2D eigenvalue weighted by atomic mass is 10.1. The van der Waals surface area contributed by atoms with E-state index in [4.69, 9.17) is 0 Å². The van der Waals surface area contributed by atoms with Gasteiger partial charge in [0.15, 0.2) is 9.84 Å². The van der Waals surface area contributed by atoms with E-state index in [0.717, 1.165) is 16.7 Å². The standard InChI is InChI=1S/C20H21N3O4S2/c1-13-2-4-14(5-3-13)16-10-28-19-18(16)20(25)23(12-21-19)8-6-17(24)22-15-7-9-29(26,27)11-15/h2-5,10,12,15H,6-9,11H2,1H3,(H,22,24).